The molecule has 1 fully saturated rings. The Kier molecular flexibility index (Phi) is 15.9. The summed E-state index contributed by atoms with van der Waals surface area (Å²) in [6, 6.07) is 10.4. The van der Waals surface area contributed by atoms with Gasteiger partial charge in [-0.1, -0.05) is 109 Å². The monoisotopic (exact) mass is 609 g/mol. The molecule has 1 aliphatic rings. The Balaban J connectivity index is 1.33. The molecule has 1 saturated heterocycles. The van der Waals surface area contributed by atoms with E-state index >= 15 is 0 Å². The summed E-state index contributed by atoms with van der Waals surface area (Å²) in [5.41, 5.74) is 4.66. The fraction of sp³-hybridized carbons (Fsp3) is 0.667. The Bertz CT molecular complexity index is 1090. The van der Waals surface area contributed by atoms with Crippen LogP contribution in [0.2, 0.25) is 0 Å². The molecule has 1 aromatic heterocycles. The second-order valence-corrected chi connectivity index (χ2v) is 13.3. The maximum atomic E-state index is 13.5. The standard InChI is InChI=1S/C30H48N3O6PS/c1-2-3-4-5-6-7-8-9-10-11-12-13-14-18-23-36-40(35,39-26-19-16-15-17-20-26)37-24-29-38-28(25-41-29)33-22-21-27(31)32-30(33)34/h15-17,19-22,28-29H,2-14,18,23-25H2,1H3,(H2,31,32,34). The molecule has 0 saturated carbocycles. The first-order valence-electron chi connectivity index (χ1n) is 15.2. The number of phosphoric ester groups is 1. The smallest absolute Gasteiger partial charge is 0.404 e. The van der Waals surface area contributed by atoms with Gasteiger partial charge in [-0.25, -0.2) is 9.36 Å². The molecule has 2 N–H and O–H groups in total. The van der Waals surface area contributed by atoms with Gasteiger partial charge in [0.1, 0.15) is 23.2 Å². The number of ether oxygens (including phenoxy) is 1. The van der Waals surface area contributed by atoms with Crippen molar-refractivity contribution in [1.29, 1.82) is 0 Å². The van der Waals surface area contributed by atoms with Gasteiger partial charge in [0.2, 0.25) is 0 Å². The molecule has 3 atom stereocenters. The Morgan fingerprint density at radius 3 is 2.15 bits per heavy atom. The number of hydrogen-bond donors (Lipinski definition) is 1. The Morgan fingerprint density at radius 2 is 1.54 bits per heavy atom. The first-order chi connectivity index (χ1) is 20.0. The lowest BCUT2D eigenvalue weighted by atomic mass is 10.0. The van der Waals surface area contributed by atoms with E-state index in [1.165, 1.54) is 87.0 Å². The first kappa shape index (κ1) is 33.7. The van der Waals surface area contributed by atoms with E-state index in [1.54, 1.807) is 36.5 Å². The molecule has 9 nitrogen and oxygen atoms in total. The van der Waals surface area contributed by atoms with Gasteiger partial charge in [0, 0.05) is 11.9 Å². The minimum Gasteiger partial charge on any atom is -0.404 e. The van der Waals surface area contributed by atoms with Crippen LogP contribution in [-0.2, 0) is 18.3 Å². The average molecular weight is 610 g/mol. The van der Waals surface area contributed by atoms with Crippen LogP contribution in [0.5, 0.6) is 5.75 Å². The van der Waals surface area contributed by atoms with Crippen molar-refractivity contribution in [2.24, 2.45) is 0 Å². The average Bonchev–Trinajstić information content (AvgIpc) is 3.43. The summed E-state index contributed by atoms with van der Waals surface area (Å²) in [4.78, 5) is 15.9. The number of anilines is 1. The van der Waals surface area contributed by atoms with Gasteiger partial charge in [0.05, 0.1) is 13.2 Å². The zero-order valence-corrected chi connectivity index (χ0v) is 26.2. The SMILES string of the molecule is CCCCCCCCCCCCCCCCOP(=O)(OCC1OC(n2ccc(N)nc2=O)CS1)Oc1ccccc1. The van der Waals surface area contributed by atoms with E-state index in [0.29, 0.717) is 11.5 Å². The summed E-state index contributed by atoms with van der Waals surface area (Å²) >= 11 is 1.46. The van der Waals surface area contributed by atoms with E-state index < -0.39 is 25.2 Å². The number of para-hydroxylation sites is 1. The predicted octanol–water partition coefficient (Wildman–Crippen LogP) is 8.12. The Morgan fingerprint density at radius 1 is 0.927 bits per heavy atom. The fourth-order valence-corrected chi connectivity index (χ4v) is 6.97. The number of nitrogens with zero attached hydrogens (tertiary/aromatic N) is 2. The molecule has 0 amide bonds. The topological polar surface area (TPSA) is 115 Å². The lowest BCUT2D eigenvalue weighted by molar-refractivity contribution is -0.00775. The van der Waals surface area contributed by atoms with Crippen LogP contribution in [0.3, 0.4) is 0 Å². The van der Waals surface area contributed by atoms with Crippen LogP contribution >= 0.6 is 19.6 Å². The van der Waals surface area contributed by atoms with Crippen LogP contribution in [0.1, 0.15) is 103 Å². The van der Waals surface area contributed by atoms with Gasteiger partial charge in [-0.15, -0.1) is 11.8 Å². The molecule has 0 radical (unpaired) electrons. The van der Waals surface area contributed by atoms with E-state index in [2.05, 4.69) is 11.9 Å². The molecule has 1 aliphatic heterocycles. The van der Waals surface area contributed by atoms with Crippen molar-refractivity contribution in [3.63, 3.8) is 0 Å². The van der Waals surface area contributed by atoms with Crippen LogP contribution in [0, 0.1) is 0 Å². The second kappa shape index (κ2) is 19.4. The highest BCUT2D eigenvalue weighted by Gasteiger charge is 2.34. The number of thioether (sulfide) groups is 1. The van der Waals surface area contributed by atoms with Gasteiger partial charge in [0.25, 0.3) is 0 Å². The number of phosphoric acid groups is 1. The molecule has 0 spiro atoms. The second-order valence-electron chi connectivity index (χ2n) is 10.5. The highest BCUT2D eigenvalue weighted by molar-refractivity contribution is 8.00. The van der Waals surface area contributed by atoms with E-state index in [-0.39, 0.29) is 19.0 Å². The molecule has 2 aromatic rings. The van der Waals surface area contributed by atoms with Crippen molar-refractivity contribution >= 4 is 25.4 Å². The summed E-state index contributed by atoms with van der Waals surface area (Å²) in [5.74, 6) is 1.09. The number of nitrogens with two attached hydrogens (primary N) is 1. The Hall–Kier alpha value is -1.84. The van der Waals surface area contributed by atoms with Crippen molar-refractivity contribution in [1.82, 2.24) is 9.55 Å². The minimum absolute atomic E-state index is 0.0127. The lowest BCUT2D eigenvalue weighted by Crippen LogP contribution is -2.28. The van der Waals surface area contributed by atoms with Crippen molar-refractivity contribution in [3.05, 3.63) is 53.1 Å². The zero-order chi connectivity index (χ0) is 29.2. The van der Waals surface area contributed by atoms with Crippen molar-refractivity contribution < 1.29 is 22.9 Å². The van der Waals surface area contributed by atoms with E-state index in [4.69, 9.17) is 24.0 Å². The first-order valence-corrected chi connectivity index (χ1v) is 17.8. The van der Waals surface area contributed by atoms with Crippen molar-refractivity contribution in [3.8, 4) is 5.75 Å². The number of unbranched alkanes of at least 4 members (excludes halogenated alkanes) is 13. The number of aromatic nitrogens is 2. The van der Waals surface area contributed by atoms with Crippen LogP contribution in [0.4, 0.5) is 5.82 Å². The molecular weight excluding hydrogens is 561 g/mol. The summed E-state index contributed by atoms with van der Waals surface area (Å²) in [7, 11) is -3.88. The summed E-state index contributed by atoms with van der Waals surface area (Å²) in [6.07, 6.45) is 18.7. The van der Waals surface area contributed by atoms with Gasteiger partial charge in [-0.2, -0.15) is 4.98 Å². The molecular formula is C30H48N3O6PS. The molecule has 41 heavy (non-hydrogen) atoms. The number of nitrogen functional groups attached to an aromatic ring is 1. The number of rotatable bonds is 22. The summed E-state index contributed by atoms with van der Waals surface area (Å²) in [5, 5.41) is 0. The van der Waals surface area contributed by atoms with Crippen LogP contribution < -0.4 is 15.9 Å². The van der Waals surface area contributed by atoms with Crippen molar-refractivity contribution in [2.45, 2.75) is 108 Å². The van der Waals surface area contributed by atoms with Crippen LogP contribution in [0.25, 0.3) is 0 Å². The normalized spacial score (nSPS) is 18.4. The maximum absolute atomic E-state index is 13.5. The zero-order valence-electron chi connectivity index (χ0n) is 24.5. The highest BCUT2D eigenvalue weighted by atomic mass is 32.2. The highest BCUT2D eigenvalue weighted by Crippen LogP contribution is 2.50. The third-order valence-electron chi connectivity index (χ3n) is 6.97. The van der Waals surface area contributed by atoms with E-state index in [0.717, 1.165) is 19.3 Å². The molecule has 0 bridgehead atoms. The van der Waals surface area contributed by atoms with Crippen LogP contribution in [-0.4, -0.2) is 34.0 Å². The third kappa shape index (κ3) is 13.3. The minimum atomic E-state index is -3.88. The van der Waals surface area contributed by atoms with Gasteiger partial charge < -0.3 is 15.0 Å². The number of hydrogen-bond acceptors (Lipinski definition) is 9. The van der Waals surface area contributed by atoms with Gasteiger partial charge >= 0.3 is 13.5 Å². The molecule has 3 rings (SSSR count). The number of benzene rings is 1. The van der Waals surface area contributed by atoms with Gasteiger partial charge in [-0.3, -0.25) is 13.6 Å². The third-order valence-corrected chi connectivity index (χ3v) is 9.47. The quantitative estimate of drug-likeness (QED) is 0.104. The largest absolute Gasteiger partial charge is 0.530 e. The molecule has 230 valence electrons. The lowest BCUT2D eigenvalue weighted by Gasteiger charge is -2.20. The molecule has 2 heterocycles. The molecule has 1 aromatic carbocycles. The summed E-state index contributed by atoms with van der Waals surface area (Å²) in [6.45, 7) is 2.54. The molecule has 3 unspecified atom stereocenters. The summed E-state index contributed by atoms with van der Waals surface area (Å²) < 4.78 is 37.9. The Labute approximate surface area is 249 Å². The van der Waals surface area contributed by atoms with E-state index in [9.17, 15) is 9.36 Å². The van der Waals surface area contributed by atoms with Gasteiger partial charge in [0.15, 0.2) is 0 Å². The van der Waals surface area contributed by atoms with Crippen molar-refractivity contribution in [2.75, 3.05) is 24.7 Å². The fourth-order valence-electron chi connectivity index (χ4n) is 4.65. The molecule has 11 heteroatoms. The predicted molar refractivity (Wildman–Crippen MR) is 166 cm³/mol. The van der Waals surface area contributed by atoms with E-state index in [1.807, 2.05) is 6.07 Å². The van der Waals surface area contributed by atoms with Gasteiger partial charge in [-0.05, 0) is 24.6 Å². The van der Waals surface area contributed by atoms with Crippen LogP contribution in [0.15, 0.2) is 47.4 Å². The maximum Gasteiger partial charge on any atom is 0.530 e. The molecule has 0 aliphatic carbocycles.